The maximum absolute atomic E-state index is 11.4. The predicted octanol–water partition coefficient (Wildman–Crippen LogP) is 1.81. The number of nitrogens with zero attached hydrogens (tertiary/aromatic N) is 2. The van der Waals surface area contributed by atoms with Gasteiger partial charge in [-0.25, -0.2) is 0 Å². The molecule has 118 valence electrons. The molecule has 0 aliphatic carbocycles. The van der Waals surface area contributed by atoms with E-state index in [9.17, 15) is 4.79 Å². The lowest BCUT2D eigenvalue weighted by atomic mass is 10.1. The molecule has 0 unspecified atom stereocenters. The first-order valence-electron chi connectivity index (χ1n) is 7.68. The van der Waals surface area contributed by atoms with E-state index in [-0.39, 0.29) is 12.2 Å². The van der Waals surface area contributed by atoms with Crippen LogP contribution in [-0.4, -0.2) is 50.1 Å². The molecular formula is C17H22N2O3. The van der Waals surface area contributed by atoms with Gasteiger partial charge in [0.25, 0.3) is 0 Å². The molecule has 0 bridgehead atoms. The number of Topliss-reactive ketones (excluding diaryl/α,β-unsaturated/α-hetero) is 1. The van der Waals surface area contributed by atoms with E-state index in [0.717, 1.165) is 50.6 Å². The molecule has 2 rings (SSSR count). The minimum atomic E-state index is -0.0540. The van der Waals surface area contributed by atoms with E-state index >= 15 is 0 Å². The van der Waals surface area contributed by atoms with Crippen LogP contribution in [0, 0.1) is 11.3 Å². The fraction of sp³-hybridized carbons (Fsp3) is 0.529. The SMILES string of the molecule is N#CCC(=O)Cc1ccc(OCCCN2CCOCC2)cc1. The quantitative estimate of drug-likeness (QED) is 0.685. The van der Waals surface area contributed by atoms with Gasteiger partial charge in [0.05, 0.1) is 32.3 Å². The second-order valence-corrected chi connectivity index (χ2v) is 5.35. The number of ether oxygens (including phenoxy) is 2. The molecule has 1 aromatic carbocycles. The predicted molar refractivity (Wildman–Crippen MR) is 82.8 cm³/mol. The average Bonchev–Trinajstić information content (AvgIpc) is 2.54. The van der Waals surface area contributed by atoms with Crippen molar-refractivity contribution in [3.8, 4) is 11.8 Å². The third kappa shape index (κ3) is 5.84. The fourth-order valence-corrected chi connectivity index (χ4v) is 2.38. The molecule has 1 saturated heterocycles. The van der Waals surface area contributed by atoms with Crippen molar-refractivity contribution in [2.45, 2.75) is 19.3 Å². The van der Waals surface area contributed by atoms with Crippen LogP contribution in [0.3, 0.4) is 0 Å². The Kier molecular flexibility index (Phi) is 6.88. The molecule has 22 heavy (non-hydrogen) atoms. The molecule has 1 aromatic rings. The first-order chi connectivity index (χ1) is 10.8. The highest BCUT2D eigenvalue weighted by Crippen LogP contribution is 2.13. The Morgan fingerprint density at radius 2 is 2.00 bits per heavy atom. The number of nitriles is 1. The Balaban J connectivity index is 1.65. The Morgan fingerprint density at radius 1 is 1.27 bits per heavy atom. The van der Waals surface area contributed by atoms with Crippen LogP contribution in [0.25, 0.3) is 0 Å². The van der Waals surface area contributed by atoms with E-state index in [1.165, 1.54) is 0 Å². The van der Waals surface area contributed by atoms with Crippen LogP contribution in [0.4, 0.5) is 0 Å². The molecule has 1 heterocycles. The number of carbonyl (C=O) groups is 1. The lowest BCUT2D eigenvalue weighted by molar-refractivity contribution is -0.117. The van der Waals surface area contributed by atoms with Gasteiger partial charge in [-0.05, 0) is 24.1 Å². The van der Waals surface area contributed by atoms with Gasteiger partial charge in [0.1, 0.15) is 5.75 Å². The minimum Gasteiger partial charge on any atom is -0.494 e. The zero-order valence-corrected chi connectivity index (χ0v) is 12.8. The van der Waals surface area contributed by atoms with Crippen molar-refractivity contribution in [2.24, 2.45) is 0 Å². The highest BCUT2D eigenvalue weighted by atomic mass is 16.5. The Hall–Kier alpha value is -1.90. The molecule has 0 aromatic heterocycles. The number of rotatable bonds is 8. The maximum Gasteiger partial charge on any atom is 0.151 e. The summed E-state index contributed by atoms with van der Waals surface area (Å²) in [5, 5.41) is 8.47. The topological polar surface area (TPSA) is 62.6 Å². The zero-order chi connectivity index (χ0) is 15.6. The monoisotopic (exact) mass is 302 g/mol. The lowest BCUT2D eigenvalue weighted by Crippen LogP contribution is -2.37. The molecule has 1 aliphatic rings. The number of carbonyl (C=O) groups excluding carboxylic acids is 1. The number of benzene rings is 1. The second-order valence-electron chi connectivity index (χ2n) is 5.35. The Bertz CT molecular complexity index is 502. The van der Waals surface area contributed by atoms with Crippen LogP contribution in [0.5, 0.6) is 5.75 Å². The van der Waals surface area contributed by atoms with E-state index in [1.54, 1.807) is 0 Å². The molecule has 1 aliphatic heterocycles. The summed E-state index contributed by atoms with van der Waals surface area (Å²) in [6, 6.07) is 9.39. The summed E-state index contributed by atoms with van der Waals surface area (Å²) in [4.78, 5) is 13.8. The summed E-state index contributed by atoms with van der Waals surface area (Å²) in [5.74, 6) is 0.764. The van der Waals surface area contributed by atoms with Crippen LogP contribution >= 0.6 is 0 Å². The van der Waals surface area contributed by atoms with Crippen molar-refractivity contribution in [1.29, 1.82) is 5.26 Å². The first kappa shape index (κ1) is 16.5. The van der Waals surface area contributed by atoms with Gasteiger partial charge in [0.15, 0.2) is 5.78 Å². The summed E-state index contributed by atoms with van der Waals surface area (Å²) in [7, 11) is 0. The Labute approximate surface area is 131 Å². The molecule has 0 atom stereocenters. The van der Waals surface area contributed by atoms with Gasteiger partial charge in [0.2, 0.25) is 0 Å². The number of hydrogen-bond donors (Lipinski definition) is 0. The third-order valence-electron chi connectivity index (χ3n) is 3.59. The highest BCUT2D eigenvalue weighted by molar-refractivity contribution is 5.82. The van der Waals surface area contributed by atoms with Gasteiger partial charge in [-0.1, -0.05) is 12.1 Å². The fourth-order valence-electron chi connectivity index (χ4n) is 2.38. The van der Waals surface area contributed by atoms with E-state index in [4.69, 9.17) is 14.7 Å². The normalized spacial score (nSPS) is 15.2. The van der Waals surface area contributed by atoms with Crippen molar-refractivity contribution in [1.82, 2.24) is 4.90 Å². The Morgan fingerprint density at radius 3 is 2.68 bits per heavy atom. The van der Waals surface area contributed by atoms with Crippen molar-refractivity contribution in [3.05, 3.63) is 29.8 Å². The van der Waals surface area contributed by atoms with Crippen LogP contribution in [-0.2, 0) is 16.0 Å². The highest BCUT2D eigenvalue weighted by Gasteiger charge is 2.09. The minimum absolute atomic E-state index is 0.0280. The molecule has 1 fully saturated rings. The van der Waals surface area contributed by atoms with Crippen molar-refractivity contribution >= 4 is 5.78 Å². The largest absolute Gasteiger partial charge is 0.494 e. The van der Waals surface area contributed by atoms with Gasteiger partial charge >= 0.3 is 0 Å². The van der Waals surface area contributed by atoms with Crippen LogP contribution < -0.4 is 4.74 Å². The van der Waals surface area contributed by atoms with E-state index < -0.39 is 0 Å². The molecule has 0 N–H and O–H groups in total. The standard InChI is InChI=1S/C17H22N2O3/c18-7-6-16(20)14-15-2-4-17(5-3-15)22-11-1-8-19-9-12-21-13-10-19/h2-5H,1,6,8-14H2. The smallest absolute Gasteiger partial charge is 0.151 e. The van der Waals surface area contributed by atoms with E-state index in [2.05, 4.69) is 4.90 Å². The van der Waals surface area contributed by atoms with Gasteiger partial charge in [0, 0.05) is 26.1 Å². The van der Waals surface area contributed by atoms with E-state index in [0.29, 0.717) is 13.0 Å². The number of morpholine rings is 1. The number of ketones is 1. The van der Waals surface area contributed by atoms with Crippen LogP contribution in [0.2, 0.25) is 0 Å². The van der Waals surface area contributed by atoms with Gasteiger partial charge in [-0.15, -0.1) is 0 Å². The van der Waals surface area contributed by atoms with Crippen molar-refractivity contribution < 1.29 is 14.3 Å². The molecule has 0 radical (unpaired) electrons. The lowest BCUT2D eigenvalue weighted by Gasteiger charge is -2.26. The molecule has 0 saturated carbocycles. The van der Waals surface area contributed by atoms with Crippen LogP contribution in [0.1, 0.15) is 18.4 Å². The molecule has 5 nitrogen and oxygen atoms in total. The summed E-state index contributed by atoms with van der Waals surface area (Å²) < 4.78 is 11.0. The summed E-state index contributed by atoms with van der Waals surface area (Å²) >= 11 is 0. The van der Waals surface area contributed by atoms with Crippen LogP contribution in [0.15, 0.2) is 24.3 Å². The third-order valence-corrected chi connectivity index (χ3v) is 3.59. The molecule has 0 spiro atoms. The summed E-state index contributed by atoms with van der Waals surface area (Å²) in [6.07, 6.45) is 1.27. The summed E-state index contributed by atoms with van der Waals surface area (Å²) in [5.41, 5.74) is 0.918. The maximum atomic E-state index is 11.4. The second kappa shape index (κ2) is 9.19. The number of hydrogen-bond acceptors (Lipinski definition) is 5. The van der Waals surface area contributed by atoms with Gasteiger partial charge in [-0.2, -0.15) is 5.26 Å². The average molecular weight is 302 g/mol. The first-order valence-corrected chi connectivity index (χ1v) is 7.68. The molecule has 0 amide bonds. The molecule has 5 heteroatoms. The van der Waals surface area contributed by atoms with Gasteiger partial charge < -0.3 is 9.47 Å². The zero-order valence-electron chi connectivity index (χ0n) is 12.8. The summed E-state index contributed by atoms with van der Waals surface area (Å²) in [6.45, 7) is 5.38. The van der Waals surface area contributed by atoms with E-state index in [1.807, 2.05) is 30.3 Å². The van der Waals surface area contributed by atoms with Crippen molar-refractivity contribution in [2.75, 3.05) is 39.5 Å². The van der Waals surface area contributed by atoms with Crippen molar-refractivity contribution in [3.63, 3.8) is 0 Å². The van der Waals surface area contributed by atoms with Gasteiger partial charge in [-0.3, -0.25) is 9.69 Å². The molecular weight excluding hydrogens is 280 g/mol.